The summed E-state index contributed by atoms with van der Waals surface area (Å²) >= 11 is 0. The molecule has 0 amide bonds. The van der Waals surface area contributed by atoms with Crippen LogP contribution in [0.3, 0.4) is 0 Å². The fraction of sp³-hybridized carbons (Fsp3) is 0. The third-order valence-electron chi connectivity index (χ3n) is 2.99. The van der Waals surface area contributed by atoms with Gasteiger partial charge in [0.1, 0.15) is 5.75 Å². The summed E-state index contributed by atoms with van der Waals surface area (Å²) in [5, 5.41) is 24.4. The second-order valence-corrected chi connectivity index (χ2v) is 4.26. The molecular weight excluding hydrogens is 240 g/mol. The van der Waals surface area contributed by atoms with Crippen LogP contribution in [0.25, 0.3) is 22.4 Å². The van der Waals surface area contributed by atoms with Gasteiger partial charge in [0.25, 0.3) is 5.75 Å². The number of phenolic OH excluding ortho intramolecular Hbond substituents is 1. The molecule has 2 aromatic carbocycles. The summed E-state index contributed by atoms with van der Waals surface area (Å²) in [6, 6.07) is 14.6. The predicted molar refractivity (Wildman–Crippen MR) is 74.2 cm³/mol. The average Bonchev–Trinajstić information content (AvgIpc) is 2.89. The molecule has 4 nitrogen and oxygen atoms in total. The standard InChI is InChI=1S/C15H12N2O2/c18-11-6-7-12(14(19)8-11)15-13(9-16-17-15)10-4-2-1-3-5-10/h1-9,18-19H,(H,16,17)/p+1. The van der Waals surface area contributed by atoms with E-state index < -0.39 is 0 Å². The lowest BCUT2D eigenvalue weighted by atomic mass is 10.0. The number of aromatic nitrogens is 2. The average molecular weight is 253 g/mol. The van der Waals surface area contributed by atoms with E-state index >= 15 is 0 Å². The van der Waals surface area contributed by atoms with Crippen molar-refractivity contribution in [3.8, 4) is 33.9 Å². The third-order valence-corrected chi connectivity index (χ3v) is 2.99. The monoisotopic (exact) mass is 253 g/mol. The normalized spacial score (nSPS) is 10.5. The van der Waals surface area contributed by atoms with Gasteiger partial charge in [-0.1, -0.05) is 30.3 Å². The number of aromatic amines is 1. The van der Waals surface area contributed by atoms with E-state index in [1.54, 1.807) is 18.3 Å². The Morgan fingerprint density at radius 1 is 1.00 bits per heavy atom. The van der Waals surface area contributed by atoms with Crippen LogP contribution in [-0.2, 0) is 0 Å². The first-order valence-electron chi connectivity index (χ1n) is 5.89. The van der Waals surface area contributed by atoms with Crippen LogP contribution >= 0.6 is 0 Å². The zero-order valence-electron chi connectivity index (χ0n) is 10.1. The summed E-state index contributed by atoms with van der Waals surface area (Å²) < 4.78 is 0. The highest BCUT2D eigenvalue weighted by atomic mass is 16.3. The minimum atomic E-state index is 0.0777. The van der Waals surface area contributed by atoms with Crippen LogP contribution in [0.2, 0.25) is 0 Å². The van der Waals surface area contributed by atoms with Crippen molar-refractivity contribution in [2.24, 2.45) is 0 Å². The molecule has 0 saturated heterocycles. The van der Waals surface area contributed by atoms with Gasteiger partial charge < -0.3 is 10.2 Å². The Labute approximate surface area is 110 Å². The van der Waals surface area contributed by atoms with Gasteiger partial charge in [-0.3, -0.25) is 5.10 Å². The van der Waals surface area contributed by atoms with Gasteiger partial charge in [0.15, 0.2) is 0 Å². The Kier molecular flexibility index (Phi) is 2.68. The largest absolute Gasteiger partial charge is 0.593 e. The molecule has 4 N–H and O–H groups in total. The third kappa shape index (κ3) is 2.04. The molecule has 0 aliphatic rings. The molecule has 0 aliphatic heterocycles. The number of hydrogen-bond acceptors (Lipinski definition) is 2. The van der Waals surface area contributed by atoms with Crippen LogP contribution in [0.4, 0.5) is 0 Å². The van der Waals surface area contributed by atoms with E-state index in [1.807, 2.05) is 30.3 Å². The molecule has 0 unspecified atom stereocenters. The van der Waals surface area contributed by atoms with Crippen molar-refractivity contribution in [3.05, 3.63) is 54.7 Å². The molecular formula is C15H13N2O2+. The van der Waals surface area contributed by atoms with Crippen molar-refractivity contribution in [3.63, 3.8) is 0 Å². The van der Waals surface area contributed by atoms with Gasteiger partial charge in [0, 0.05) is 17.2 Å². The molecule has 0 fully saturated rings. The number of rotatable bonds is 2. The predicted octanol–water partition coefficient (Wildman–Crippen LogP) is 2.89. The zero-order valence-corrected chi connectivity index (χ0v) is 10.1. The van der Waals surface area contributed by atoms with Crippen molar-refractivity contribution >= 4 is 0 Å². The summed E-state index contributed by atoms with van der Waals surface area (Å²) in [7, 11) is 0. The summed E-state index contributed by atoms with van der Waals surface area (Å²) in [6.07, 6.45) is 1.73. The second-order valence-electron chi connectivity index (χ2n) is 4.26. The Morgan fingerprint density at radius 2 is 1.79 bits per heavy atom. The molecule has 3 rings (SSSR count). The molecule has 0 atom stereocenters. The number of phenols is 1. The number of aromatic hydroxyl groups is 1. The molecule has 1 heterocycles. The van der Waals surface area contributed by atoms with Crippen LogP contribution < -0.4 is 0 Å². The lowest BCUT2D eigenvalue weighted by Gasteiger charge is -2.05. The van der Waals surface area contributed by atoms with Gasteiger partial charge in [-0.2, -0.15) is 5.10 Å². The molecule has 0 spiro atoms. The minimum Gasteiger partial charge on any atom is -0.593 e. The highest BCUT2D eigenvalue weighted by Crippen LogP contribution is 2.36. The highest BCUT2D eigenvalue weighted by Gasteiger charge is 2.14. The lowest BCUT2D eigenvalue weighted by Crippen LogP contribution is -1.83. The van der Waals surface area contributed by atoms with E-state index in [0.717, 1.165) is 16.8 Å². The number of H-pyrrole nitrogens is 1. The molecule has 0 bridgehead atoms. The van der Waals surface area contributed by atoms with Crippen LogP contribution in [0.15, 0.2) is 54.7 Å². The topological polar surface area (TPSA) is 71.8 Å². The summed E-state index contributed by atoms with van der Waals surface area (Å²) in [5.74, 6) is 0.357. The number of hydrogen-bond donors (Lipinski definition) is 2. The Hall–Kier alpha value is -2.75. The van der Waals surface area contributed by atoms with E-state index in [-0.39, 0.29) is 11.5 Å². The molecule has 0 aliphatic carbocycles. The van der Waals surface area contributed by atoms with Crippen molar-refractivity contribution in [2.75, 3.05) is 0 Å². The van der Waals surface area contributed by atoms with E-state index in [2.05, 4.69) is 10.2 Å². The van der Waals surface area contributed by atoms with E-state index in [4.69, 9.17) is 5.11 Å². The maximum Gasteiger partial charge on any atom is 0.257 e. The first kappa shape index (κ1) is 11.3. The molecule has 3 aromatic rings. The SMILES string of the molecule is Oc1cc([OH2+])ccc1-c1[nH]ncc1-c1ccccc1. The quantitative estimate of drug-likeness (QED) is 0.689. The van der Waals surface area contributed by atoms with Gasteiger partial charge in [-0.25, -0.2) is 0 Å². The maximum absolute atomic E-state index is 9.97. The highest BCUT2D eigenvalue weighted by molar-refractivity contribution is 5.83. The van der Waals surface area contributed by atoms with Crippen LogP contribution in [0.5, 0.6) is 11.5 Å². The summed E-state index contributed by atoms with van der Waals surface area (Å²) in [5.41, 5.74) is 3.35. The number of nitrogens with one attached hydrogen (secondary N) is 1. The van der Waals surface area contributed by atoms with Gasteiger partial charge in [-0.15, -0.1) is 0 Å². The zero-order chi connectivity index (χ0) is 13.2. The molecule has 19 heavy (non-hydrogen) atoms. The van der Waals surface area contributed by atoms with Gasteiger partial charge >= 0.3 is 0 Å². The fourth-order valence-corrected chi connectivity index (χ4v) is 2.07. The number of benzene rings is 2. The number of nitrogens with zero attached hydrogens (tertiary/aromatic N) is 1. The van der Waals surface area contributed by atoms with E-state index in [1.165, 1.54) is 6.07 Å². The van der Waals surface area contributed by atoms with Crippen LogP contribution in [-0.4, -0.2) is 20.4 Å². The van der Waals surface area contributed by atoms with Gasteiger partial charge in [0.2, 0.25) is 0 Å². The summed E-state index contributed by atoms with van der Waals surface area (Å²) in [4.78, 5) is 0. The Morgan fingerprint density at radius 3 is 2.53 bits per heavy atom. The molecule has 1 aromatic heterocycles. The minimum absolute atomic E-state index is 0.0777. The molecule has 4 heteroatoms. The van der Waals surface area contributed by atoms with Crippen molar-refractivity contribution < 1.29 is 10.2 Å². The van der Waals surface area contributed by atoms with E-state index in [0.29, 0.717) is 5.56 Å². The van der Waals surface area contributed by atoms with Gasteiger partial charge in [-0.05, 0) is 11.6 Å². The molecule has 94 valence electrons. The molecule has 0 radical (unpaired) electrons. The maximum atomic E-state index is 9.97. The first-order valence-corrected chi connectivity index (χ1v) is 5.89. The van der Waals surface area contributed by atoms with Crippen molar-refractivity contribution in [1.29, 1.82) is 0 Å². The second kappa shape index (κ2) is 4.49. The first-order chi connectivity index (χ1) is 9.25. The lowest BCUT2D eigenvalue weighted by molar-refractivity contribution is 0.452. The van der Waals surface area contributed by atoms with Gasteiger partial charge in [0.05, 0.1) is 18.0 Å². The van der Waals surface area contributed by atoms with Crippen molar-refractivity contribution in [2.45, 2.75) is 0 Å². The fourth-order valence-electron chi connectivity index (χ4n) is 2.07. The smallest absolute Gasteiger partial charge is 0.257 e. The van der Waals surface area contributed by atoms with Crippen LogP contribution in [0.1, 0.15) is 0 Å². The summed E-state index contributed by atoms with van der Waals surface area (Å²) in [6.45, 7) is 0. The Balaban J connectivity index is 2.15. The van der Waals surface area contributed by atoms with Crippen molar-refractivity contribution in [1.82, 2.24) is 10.2 Å². The Bertz CT molecular complexity index is 705. The van der Waals surface area contributed by atoms with Crippen LogP contribution in [0, 0.1) is 0 Å². The van der Waals surface area contributed by atoms with E-state index in [9.17, 15) is 5.11 Å². The molecule has 0 saturated carbocycles.